The van der Waals surface area contributed by atoms with Crippen LogP contribution in [0, 0.1) is 0 Å². The standard InChI is InChI=1S/C13H20N2O4/c1-15-13(16)10-3-4-12(11(14)9-10)19-8-7-18-6-5-17-2/h3-4,9H,5-8,14H2,1-2H3,(H,15,16). The molecule has 1 amide bonds. The zero-order valence-corrected chi connectivity index (χ0v) is 11.3. The number of nitrogens with one attached hydrogen (secondary N) is 1. The molecule has 0 spiro atoms. The maximum Gasteiger partial charge on any atom is 0.251 e. The van der Waals surface area contributed by atoms with E-state index in [0.29, 0.717) is 43.4 Å². The highest BCUT2D eigenvalue weighted by molar-refractivity contribution is 5.95. The second-order valence-corrected chi connectivity index (χ2v) is 3.79. The van der Waals surface area contributed by atoms with Crippen molar-refractivity contribution in [2.45, 2.75) is 0 Å². The summed E-state index contributed by atoms with van der Waals surface area (Å²) >= 11 is 0. The number of benzene rings is 1. The Morgan fingerprint density at radius 2 is 2.00 bits per heavy atom. The molecule has 1 rings (SSSR count). The predicted molar refractivity (Wildman–Crippen MR) is 72.4 cm³/mol. The van der Waals surface area contributed by atoms with Gasteiger partial charge in [-0.1, -0.05) is 0 Å². The van der Waals surface area contributed by atoms with E-state index in [1.807, 2.05) is 0 Å². The highest BCUT2D eigenvalue weighted by Gasteiger charge is 2.07. The third kappa shape index (κ3) is 5.15. The molecule has 6 heteroatoms. The average molecular weight is 268 g/mol. The SMILES string of the molecule is CNC(=O)c1ccc(OCCOCCOC)c(N)c1. The fourth-order valence-corrected chi connectivity index (χ4v) is 1.42. The lowest BCUT2D eigenvalue weighted by atomic mass is 10.2. The quantitative estimate of drug-likeness (QED) is 0.535. The third-order valence-corrected chi connectivity index (χ3v) is 2.42. The number of rotatable bonds is 8. The summed E-state index contributed by atoms with van der Waals surface area (Å²) < 4.78 is 15.6. The van der Waals surface area contributed by atoms with Gasteiger partial charge in [-0.2, -0.15) is 0 Å². The number of nitrogens with two attached hydrogens (primary N) is 1. The van der Waals surface area contributed by atoms with Gasteiger partial charge >= 0.3 is 0 Å². The second-order valence-electron chi connectivity index (χ2n) is 3.79. The Morgan fingerprint density at radius 1 is 1.26 bits per heavy atom. The minimum absolute atomic E-state index is 0.179. The van der Waals surface area contributed by atoms with Gasteiger partial charge in [0.1, 0.15) is 12.4 Å². The summed E-state index contributed by atoms with van der Waals surface area (Å²) in [6, 6.07) is 4.92. The molecule has 6 nitrogen and oxygen atoms in total. The van der Waals surface area contributed by atoms with Crippen LogP contribution in [0.3, 0.4) is 0 Å². The number of hydrogen-bond acceptors (Lipinski definition) is 5. The van der Waals surface area contributed by atoms with E-state index in [0.717, 1.165) is 0 Å². The van der Waals surface area contributed by atoms with E-state index >= 15 is 0 Å². The van der Waals surface area contributed by atoms with Crippen molar-refractivity contribution in [3.63, 3.8) is 0 Å². The van der Waals surface area contributed by atoms with Crippen LogP contribution in [0.15, 0.2) is 18.2 Å². The molecule has 0 fully saturated rings. The Bertz CT molecular complexity index is 410. The number of nitrogen functional groups attached to an aromatic ring is 1. The van der Waals surface area contributed by atoms with Crippen molar-refractivity contribution in [3.8, 4) is 5.75 Å². The molecule has 0 bridgehead atoms. The van der Waals surface area contributed by atoms with Gasteiger partial charge in [0, 0.05) is 19.7 Å². The summed E-state index contributed by atoms with van der Waals surface area (Å²) in [7, 11) is 3.19. The second kappa shape index (κ2) is 8.34. The van der Waals surface area contributed by atoms with Crippen molar-refractivity contribution >= 4 is 11.6 Å². The number of hydrogen-bond donors (Lipinski definition) is 2. The molecule has 19 heavy (non-hydrogen) atoms. The van der Waals surface area contributed by atoms with E-state index < -0.39 is 0 Å². The molecule has 106 valence electrons. The van der Waals surface area contributed by atoms with Crippen molar-refractivity contribution in [3.05, 3.63) is 23.8 Å². The normalized spacial score (nSPS) is 10.2. The number of methoxy groups -OCH3 is 1. The summed E-state index contributed by atoms with van der Waals surface area (Å²) in [5.74, 6) is 0.365. The number of carbonyl (C=O) groups excluding carboxylic acids is 1. The summed E-state index contributed by atoms with van der Waals surface area (Å²) in [4.78, 5) is 11.4. The fourth-order valence-electron chi connectivity index (χ4n) is 1.42. The van der Waals surface area contributed by atoms with Crippen molar-refractivity contribution in [2.75, 3.05) is 46.3 Å². The molecule has 0 saturated heterocycles. The van der Waals surface area contributed by atoms with Crippen LogP contribution >= 0.6 is 0 Å². The molecule has 0 unspecified atom stereocenters. The van der Waals surface area contributed by atoms with Crippen LogP contribution in [0.1, 0.15) is 10.4 Å². The van der Waals surface area contributed by atoms with Crippen LogP contribution in [0.4, 0.5) is 5.69 Å². The fraction of sp³-hybridized carbons (Fsp3) is 0.462. The molecule has 0 radical (unpaired) electrons. The van der Waals surface area contributed by atoms with Crippen LogP contribution in [0.5, 0.6) is 5.75 Å². The lowest BCUT2D eigenvalue weighted by molar-refractivity contribution is 0.0545. The lowest BCUT2D eigenvalue weighted by Crippen LogP contribution is -2.18. The third-order valence-electron chi connectivity index (χ3n) is 2.42. The van der Waals surface area contributed by atoms with Crippen LogP contribution < -0.4 is 15.8 Å². The Balaban J connectivity index is 2.40. The molecular weight excluding hydrogens is 248 g/mol. The van der Waals surface area contributed by atoms with Crippen LogP contribution in [-0.2, 0) is 9.47 Å². The van der Waals surface area contributed by atoms with E-state index in [1.165, 1.54) is 0 Å². The van der Waals surface area contributed by atoms with E-state index in [2.05, 4.69) is 5.32 Å². The molecule has 0 atom stereocenters. The van der Waals surface area contributed by atoms with E-state index in [1.54, 1.807) is 32.4 Å². The summed E-state index contributed by atoms with van der Waals surface area (Å²) in [6.07, 6.45) is 0. The minimum atomic E-state index is -0.179. The zero-order valence-electron chi connectivity index (χ0n) is 11.3. The first-order valence-corrected chi connectivity index (χ1v) is 6.00. The maximum atomic E-state index is 11.4. The molecule has 1 aromatic carbocycles. The Labute approximate surface area is 112 Å². The lowest BCUT2D eigenvalue weighted by Gasteiger charge is -2.10. The molecule has 0 heterocycles. The first kappa shape index (κ1) is 15.3. The summed E-state index contributed by atoms with van der Waals surface area (Å²) in [5, 5.41) is 2.53. The smallest absolute Gasteiger partial charge is 0.251 e. The highest BCUT2D eigenvalue weighted by Crippen LogP contribution is 2.22. The van der Waals surface area contributed by atoms with E-state index in [4.69, 9.17) is 19.9 Å². The average Bonchev–Trinajstić information content (AvgIpc) is 2.43. The van der Waals surface area contributed by atoms with Crippen molar-refractivity contribution in [1.29, 1.82) is 0 Å². The molecule has 0 aliphatic rings. The Morgan fingerprint density at radius 3 is 2.63 bits per heavy atom. The summed E-state index contributed by atoms with van der Waals surface area (Å²) in [6.45, 7) is 1.95. The molecule has 0 aliphatic carbocycles. The first-order chi connectivity index (χ1) is 9.19. The van der Waals surface area contributed by atoms with Gasteiger partial charge in [0.2, 0.25) is 0 Å². The first-order valence-electron chi connectivity index (χ1n) is 6.00. The van der Waals surface area contributed by atoms with E-state index in [-0.39, 0.29) is 5.91 Å². The number of amides is 1. The molecule has 0 aromatic heterocycles. The molecule has 1 aromatic rings. The molecule has 0 saturated carbocycles. The topological polar surface area (TPSA) is 82.8 Å². The largest absolute Gasteiger partial charge is 0.489 e. The Kier molecular flexibility index (Phi) is 6.70. The molecule has 3 N–H and O–H groups in total. The van der Waals surface area contributed by atoms with Gasteiger partial charge in [0.15, 0.2) is 0 Å². The molecular formula is C13H20N2O4. The van der Waals surface area contributed by atoms with Gasteiger partial charge in [-0.3, -0.25) is 4.79 Å². The van der Waals surface area contributed by atoms with Gasteiger partial charge in [0.25, 0.3) is 5.91 Å². The van der Waals surface area contributed by atoms with Crippen molar-refractivity contribution < 1.29 is 19.0 Å². The monoisotopic (exact) mass is 268 g/mol. The number of carbonyl (C=O) groups is 1. The maximum absolute atomic E-state index is 11.4. The van der Waals surface area contributed by atoms with Gasteiger partial charge in [-0.05, 0) is 18.2 Å². The minimum Gasteiger partial charge on any atom is -0.489 e. The highest BCUT2D eigenvalue weighted by atomic mass is 16.5. The number of ether oxygens (including phenoxy) is 3. The summed E-state index contributed by atoms with van der Waals surface area (Å²) in [5.41, 5.74) is 6.74. The molecule has 0 aliphatic heterocycles. The zero-order chi connectivity index (χ0) is 14.1. The van der Waals surface area contributed by atoms with Gasteiger partial charge < -0.3 is 25.3 Å². The predicted octanol–water partition coefficient (Wildman–Crippen LogP) is 0.670. The van der Waals surface area contributed by atoms with E-state index in [9.17, 15) is 4.79 Å². The van der Waals surface area contributed by atoms with Crippen molar-refractivity contribution in [2.24, 2.45) is 0 Å². The Hall–Kier alpha value is -1.79. The van der Waals surface area contributed by atoms with Crippen molar-refractivity contribution in [1.82, 2.24) is 5.32 Å². The van der Waals surface area contributed by atoms with Gasteiger partial charge in [-0.25, -0.2) is 0 Å². The number of anilines is 1. The van der Waals surface area contributed by atoms with Gasteiger partial charge in [-0.15, -0.1) is 0 Å². The van der Waals surface area contributed by atoms with Crippen LogP contribution in [-0.4, -0.2) is 46.5 Å². The van der Waals surface area contributed by atoms with Crippen LogP contribution in [0.2, 0.25) is 0 Å². The van der Waals surface area contributed by atoms with Gasteiger partial charge in [0.05, 0.1) is 25.5 Å². The van der Waals surface area contributed by atoms with Crippen LogP contribution in [0.25, 0.3) is 0 Å².